The topological polar surface area (TPSA) is 52.6 Å². The first-order valence-corrected chi connectivity index (χ1v) is 8.49. The molecule has 1 aliphatic rings. The molecule has 4 nitrogen and oxygen atoms in total. The number of esters is 1. The maximum absolute atomic E-state index is 12.5. The number of Topliss-reactive ketones (excluding diaryl/α,β-unsaturated/α-hetero) is 1. The Morgan fingerprint density at radius 3 is 2.54 bits per heavy atom. The van der Waals surface area contributed by atoms with Crippen molar-refractivity contribution in [2.75, 3.05) is 6.61 Å². The quantitative estimate of drug-likeness (QED) is 0.703. The maximum atomic E-state index is 12.5. The fourth-order valence-electron chi connectivity index (χ4n) is 2.92. The standard InChI is InChI=1S/C20H26O4/c1-4-23-19(22)11-10-16-17(21)12-20(2,3)13-18(16)24-14-15-8-6-5-7-9-15/h5-9H,4,10-14H2,1-3H3. The summed E-state index contributed by atoms with van der Waals surface area (Å²) < 4.78 is 10.9. The highest BCUT2D eigenvalue weighted by molar-refractivity contribution is 5.97. The first-order valence-electron chi connectivity index (χ1n) is 8.49. The predicted molar refractivity (Wildman–Crippen MR) is 92.1 cm³/mol. The van der Waals surface area contributed by atoms with E-state index in [1.54, 1.807) is 6.92 Å². The van der Waals surface area contributed by atoms with Gasteiger partial charge >= 0.3 is 5.97 Å². The van der Waals surface area contributed by atoms with Crippen molar-refractivity contribution >= 4 is 11.8 Å². The molecule has 0 unspecified atom stereocenters. The summed E-state index contributed by atoms with van der Waals surface area (Å²) in [4.78, 5) is 24.1. The summed E-state index contributed by atoms with van der Waals surface area (Å²) in [5.74, 6) is 0.535. The third-order valence-corrected chi connectivity index (χ3v) is 4.09. The molecule has 0 aliphatic heterocycles. The number of hydrogen-bond donors (Lipinski definition) is 0. The minimum atomic E-state index is -0.273. The van der Waals surface area contributed by atoms with Crippen LogP contribution in [0, 0.1) is 5.41 Å². The number of allylic oxidation sites excluding steroid dienone is 2. The van der Waals surface area contributed by atoms with E-state index in [1.165, 1.54) is 0 Å². The molecule has 0 saturated carbocycles. The van der Waals surface area contributed by atoms with Crippen molar-refractivity contribution in [3.05, 3.63) is 47.2 Å². The van der Waals surface area contributed by atoms with Crippen molar-refractivity contribution in [2.45, 2.75) is 53.1 Å². The van der Waals surface area contributed by atoms with Gasteiger partial charge in [0.1, 0.15) is 12.4 Å². The van der Waals surface area contributed by atoms with Gasteiger partial charge in [-0.2, -0.15) is 0 Å². The smallest absolute Gasteiger partial charge is 0.306 e. The minimum absolute atomic E-state index is 0.0820. The van der Waals surface area contributed by atoms with Gasteiger partial charge in [0, 0.05) is 24.8 Å². The molecule has 4 heteroatoms. The van der Waals surface area contributed by atoms with Crippen LogP contribution < -0.4 is 0 Å². The van der Waals surface area contributed by atoms with Crippen LogP contribution in [-0.2, 0) is 25.7 Å². The van der Waals surface area contributed by atoms with Crippen LogP contribution in [0.2, 0.25) is 0 Å². The number of carbonyl (C=O) groups is 2. The lowest BCUT2D eigenvalue weighted by Crippen LogP contribution is -2.27. The van der Waals surface area contributed by atoms with Crippen molar-refractivity contribution in [3.63, 3.8) is 0 Å². The lowest BCUT2D eigenvalue weighted by molar-refractivity contribution is -0.143. The molecule has 0 aromatic heterocycles. The van der Waals surface area contributed by atoms with Crippen molar-refractivity contribution in [3.8, 4) is 0 Å². The summed E-state index contributed by atoms with van der Waals surface area (Å²) in [6.45, 7) is 6.70. The molecular weight excluding hydrogens is 304 g/mol. The Hall–Kier alpha value is -2.10. The molecule has 24 heavy (non-hydrogen) atoms. The van der Waals surface area contributed by atoms with E-state index >= 15 is 0 Å². The normalized spacial score (nSPS) is 16.9. The highest BCUT2D eigenvalue weighted by Gasteiger charge is 2.34. The Morgan fingerprint density at radius 2 is 1.88 bits per heavy atom. The third-order valence-electron chi connectivity index (χ3n) is 4.09. The SMILES string of the molecule is CCOC(=O)CCC1=C(OCc2ccccc2)CC(C)(C)CC1=O. The van der Waals surface area contributed by atoms with Gasteiger partial charge in [-0.1, -0.05) is 44.2 Å². The van der Waals surface area contributed by atoms with Crippen LogP contribution in [0.4, 0.5) is 0 Å². The zero-order chi connectivity index (χ0) is 17.6. The summed E-state index contributed by atoms with van der Waals surface area (Å²) in [6, 6.07) is 9.87. The third kappa shape index (κ3) is 5.22. The largest absolute Gasteiger partial charge is 0.493 e. The summed E-state index contributed by atoms with van der Waals surface area (Å²) in [6.07, 6.45) is 1.80. The van der Waals surface area contributed by atoms with Crippen LogP contribution in [0.1, 0.15) is 52.0 Å². The van der Waals surface area contributed by atoms with E-state index < -0.39 is 0 Å². The molecule has 0 N–H and O–H groups in total. The van der Waals surface area contributed by atoms with Crippen LogP contribution in [0.3, 0.4) is 0 Å². The summed E-state index contributed by atoms with van der Waals surface area (Å²) in [5.41, 5.74) is 1.60. The molecule has 130 valence electrons. The minimum Gasteiger partial charge on any atom is -0.493 e. The monoisotopic (exact) mass is 330 g/mol. The van der Waals surface area contributed by atoms with Gasteiger partial charge in [0.15, 0.2) is 5.78 Å². The van der Waals surface area contributed by atoms with E-state index in [1.807, 2.05) is 30.3 Å². The van der Waals surface area contributed by atoms with E-state index in [0.29, 0.717) is 38.0 Å². The number of carbonyl (C=O) groups excluding carboxylic acids is 2. The van der Waals surface area contributed by atoms with E-state index in [4.69, 9.17) is 9.47 Å². The van der Waals surface area contributed by atoms with Crippen LogP contribution in [0.15, 0.2) is 41.7 Å². The fourth-order valence-corrected chi connectivity index (χ4v) is 2.92. The van der Waals surface area contributed by atoms with Gasteiger partial charge in [0.05, 0.1) is 6.61 Å². The zero-order valence-corrected chi connectivity index (χ0v) is 14.8. The Balaban J connectivity index is 2.12. The average molecular weight is 330 g/mol. The molecule has 0 bridgehead atoms. The number of hydrogen-bond acceptors (Lipinski definition) is 4. The first kappa shape index (κ1) is 18.2. The van der Waals surface area contributed by atoms with Crippen LogP contribution in [-0.4, -0.2) is 18.4 Å². The van der Waals surface area contributed by atoms with Crippen molar-refractivity contribution in [2.24, 2.45) is 5.41 Å². The van der Waals surface area contributed by atoms with Crippen molar-refractivity contribution in [1.29, 1.82) is 0 Å². The molecular formula is C20H26O4. The van der Waals surface area contributed by atoms with Crippen LogP contribution in [0.5, 0.6) is 0 Å². The van der Waals surface area contributed by atoms with E-state index in [-0.39, 0.29) is 23.6 Å². The lowest BCUT2D eigenvalue weighted by atomic mass is 9.75. The Bertz CT molecular complexity index is 614. The molecule has 0 amide bonds. The molecule has 0 atom stereocenters. The molecule has 2 rings (SSSR count). The van der Waals surface area contributed by atoms with Gasteiger partial charge in [0.2, 0.25) is 0 Å². The van der Waals surface area contributed by atoms with E-state index in [9.17, 15) is 9.59 Å². The Morgan fingerprint density at radius 1 is 1.17 bits per heavy atom. The summed E-state index contributed by atoms with van der Waals surface area (Å²) >= 11 is 0. The highest BCUT2D eigenvalue weighted by atomic mass is 16.5. The van der Waals surface area contributed by atoms with Gasteiger partial charge in [-0.25, -0.2) is 0 Å². The van der Waals surface area contributed by atoms with E-state index in [0.717, 1.165) is 11.3 Å². The molecule has 0 fully saturated rings. The molecule has 0 radical (unpaired) electrons. The fraction of sp³-hybridized carbons (Fsp3) is 0.500. The number of benzene rings is 1. The highest BCUT2D eigenvalue weighted by Crippen LogP contribution is 2.39. The Labute approximate surface area is 143 Å². The van der Waals surface area contributed by atoms with Gasteiger partial charge in [-0.3, -0.25) is 9.59 Å². The second-order valence-electron chi connectivity index (χ2n) is 6.92. The zero-order valence-electron chi connectivity index (χ0n) is 14.8. The second-order valence-corrected chi connectivity index (χ2v) is 6.92. The molecule has 1 aliphatic carbocycles. The number of rotatable bonds is 7. The number of ether oxygens (including phenoxy) is 2. The van der Waals surface area contributed by atoms with Crippen LogP contribution in [0.25, 0.3) is 0 Å². The van der Waals surface area contributed by atoms with Gasteiger partial charge < -0.3 is 9.47 Å². The van der Waals surface area contributed by atoms with Gasteiger partial charge in [-0.15, -0.1) is 0 Å². The van der Waals surface area contributed by atoms with Gasteiger partial charge in [0.25, 0.3) is 0 Å². The maximum Gasteiger partial charge on any atom is 0.306 e. The molecule has 1 aromatic carbocycles. The molecule has 0 heterocycles. The Kier molecular flexibility index (Phi) is 6.18. The molecule has 1 aromatic rings. The summed E-state index contributed by atoms with van der Waals surface area (Å²) in [5, 5.41) is 0. The van der Waals surface area contributed by atoms with Gasteiger partial charge in [-0.05, 0) is 24.3 Å². The lowest BCUT2D eigenvalue weighted by Gasteiger charge is -2.32. The van der Waals surface area contributed by atoms with E-state index in [2.05, 4.69) is 13.8 Å². The molecule has 0 spiro atoms. The predicted octanol–water partition coefficient (Wildman–Crippen LogP) is 4.19. The number of ketones is 1. The molecule has 0 saturated heterocycles. The first-order chi connectivity index (χ1) is 11.4. The van der Waals surface area contributed by atoms with Crippen molar-refractivity contribution < 1.29 is 19.1 Å². The average Bonchev–Trinajstić information content (AvgIpc) is 2.52. The summed E-state index contributed by atoms with van der Waals surface area (Å²) in [7, 11) is 0. The van der Waals surface area contributed by atoms with Crippen LogP contribution >= 0.6 is 0 Å². The second kappa shape index (κ2) is 8.13. The van der Waals surface area contributed by atoms with Crippen molar-refractivity contribution in [1.82, 2.24) is 0 Å².